The summed E-state index contributed by atoms with van der Waals surface area (Å²) < 4.78 is 20.7. The van der Waals surface area contributed by atoms with Gasteiger partial charge in [0.15, 0.2) is 12.3 Å². The van der Waals surface area contributed by atoms with E-state index < -0.39 is 0 Å². The van der Waals surface area contributed by atoms with Gasteiger partial charge in [0.1, 0.15) is 17.2 Å². The molecule has 0 aliphatic carbocycles. The van der Waals surface area contributed by atoms with Crippen LogP contribution in [0.5, 0.6) is 17.2 Å². The second kappa shape index (κ2) is 8.70. The number of anilines is 1. The smallest absolute Gasteiger partial charge is 0.263 e. The highest BCUT2D eigenvalue weighted by atomic mass is 16.6. The van der Waals surface area contributed by atoms with E-state index in [1.165, 1.54) is 0 Å². The van der Waals surface area contributed by atoms with Crippen LogP contribution in [0.4, 0.5) is 5.82 Å². The van der Waals surface area contributed by atoms with Crippen LogP contribution in [-0.4, -0.2) is 36.5 Å². The van der Waals surface area contributed by atoms with Crippen LogP contribution in [0.15, 0.2) is 53.2 Å². The SMILES string of the molecule is CCOc1ccc(-c2nonc2NC(=O)COc2ccc(OC)cc2)cc1. The molecule has 1 heterocycles. The summed E-state index contributed by atoms with van der Waals surface area (Å²) in [6.07, 6.45) is 0. The Bertz CT molecular complexity index is 875. The first-order chi connectivity index (χ1) is 13.2. The maximum absolute atomic E-state index is 12.1. The first kappa shape index (κ1) is 18.2. The molecule has 140 valence electrons. The highest BCUT2D eigenvalue weighted by Gasteiger charge is 2.15. The lowest BCUT2D eigenvalue weighted by Crippen LogP contribution is -2.20. The Hall–Kier alpha value is -3.55. The molecule has 1 aromatic heterocycles. The van der Waals surface area contributed by atoms with E-state index in [-0.39, 0.29) is 18.3 Å². The van der Waals surface area contributed by atoms with E-state index >= 15 is 0 Å². The molecule has 0 saturated carbocycles. The maximum atomic E-state index is 12.1. The predicted molar refractivity (Wildman–Crippen MR) is 98.0 cm³/mol. The Balaban J connectivity index is 1.60. The largest absolute Gasteiger partial charge is 0.497 e. The van der Waals surface area contributed by atoms with Gasteiger partial charge in [-0.2, -0.15) is 0 Å². The molecule has 8 nitrogen and oxygen atoms in total. The van der Waals surface area contributed by atoms with Crippen molar-refractivity contribution in [3.8, 4) is 28.5 Å². The van der Waals surface area contributed by atoms with Crippen molar-refractivity contribution in [2.24, 2.45) is 0 Å². The van der Waals surface area contributed by atoms with E-state index in [1.54, 1.807) is 31.4 Å². The molecule has 0 saturated heterocycles. The van der Waals surface area contributed by atoms with Crippen molar-refractivity contribution >= 4 is 11.7 Å². The summed E-state index contributed by atoms with van der Waals surface area (Å²) in [5.74, 6) is 1.85. The van der Waals surface area contributed by atoms with Crippen LogP contribution < -0.4 is 19.5 Å². The molecule has 3 rings (SSSR count). The van der Waals surface area contributed by atoms with Crippen LogP contribution >= 0.6 is 0 Å². The molecule has 0 bridgehead atoms. The number of amides is 1. The molecule has 1 amide bonds. The van der Waals surface area contributed by atoms with Crippen molar-refractivity contribution in [2.45, 2.75) is 6.92 Å². The van der Waals surface area contributed by atoms with Crippen LogP contribution in [0.1, 0.15) is 6.92 Å². The van der Waals surface area contributed by atoms with Gasteiger partial charge in [-0.15, -0.1) is 0 Å². The van der Waals surface area contributed by atoms with Crippen molar-refractivity contribution in [3.05, 3.63) is 48.5 Å². The molecule has 0 aliphatic heterocycles. The van der Waals surface area contributed by atoms with E-state index in [9.17, 15) is 4.79 Å². The number of ether oxygens (including phenoxy) is 3. The van der Waals surface area contributed by atoms with Gasteiger partial charge >= 0.3 is 0 Å². The second-order valence-electron chi connectivity index (χ2n) is 5.43. The van der Waals surface area contributed by atoms with Crippen molar-refractivity contribution in [1.29, 1.82) is 0 Å². The molecule has 0 unspecified atom stereocenters. The number of aromatic nitrogens is 2. The molecule has 0 radical (unpaired) electrons. The lowest BCUT2D eigenvalue weighted by Gasteiger charge is -2.07. The molecule has 0 spiro atoms. The lowest BCUT2D eigenvalue weighted by molar-refractivity contribution is -0.118. The number of nitrogens with one attached hydrogen (secondary N) is 1. The van der Waals surface area contributed by atoms with Gasteiger partial charge in [-0.1, -0.05) is 0 Å². The molecule has 0 fully saturated rings. The third kappa shape index (κ3) is 4.75. The van der Waals surface area contributed by atoms with E-state index in [0.29, 0.717) is 23.8 Å². The van der Waals surface area contributed by atoms with Gasteiger partial charge in [-0.05, 0) is 65.8 Å². The highest BCUT2D eigenvalue weighted by molar-refractivity contribution is 5.94. The molecule has 27 heavy (non-hydrogen) atoms. The van der Waals surface area contributed by atoms with Crippen molar-refractivity contribution in [1.82, 2.24) is 10.3 Å². The fourth-order valence-corrected chi connectivity index (χ4v) is 2.32. The summed E-state index contributed by atoms with van der Waals surface area (Å²) in [7, 11) is 1.58. The minimum atomic E-state index is -0.381. The zero-order chi connectivity index (χ0) is 19.1. The topological polar surface area (TPSA) is 95.7 Å². The zero-order valence-electron chi connectivity index (χ0n) is 15.0. The normalized spacial score (nSPS) is 10.3. The monoisotopic (exact) mass is 369 g/mol. The Morgan fingerprint density at radius 3 is 2.26 bits per heavy atom. The molecule has 0 aliphatic rings. The minimum absolute atomic E-state index is 0.179. The summed E-state index contributed by atoms with van der Waals surface area (Å²) >= 11 is 0. The Morgan fingerprint density at radius 1 is 0.963 bits per heavy atom. The quantitative estimate of drug-likeness (QED) is 0.651. The first-order valence-electron chi connectivity index (χ1n) is 8.32. The number of hydrogen-bond donors (Lipinski definition) is 1. The van der Waals surface area contributed by atoms with Crippen molar-refractivity contribution in [2.75, 3.05) is 25.6 Å². The Labute approximate surface area is 156 Å². The molecule has 3 aromatic rings. The zero-order valence-corrected chi connectivity index (χ0v) is 15.0. The summed E-state index contributed by atoms with van der Waals surface area (Å²) in [6.45, 7) is 2.32. The third-order valence-corrected chi connectivity index (χ3v) is 3.61. The van der Waals surface area contributed by atoms with E-state index in [2.05, 4.69) is 15.6 Å². The molecule has 1 N–H and O–H groups in total. The molecule has 8 heteroatoms. The number of methoxy groups -OCH3 is 1. The molecule has 2 aromatic carbocycles. The van der Waals surface area contributed by atoms with E-state index in [0.717, 1.165) is 11.3 Å². The van der Waals surface area contributed by atoms with E-state index in [4.69, 9.17) is 18.8 Å². The second-order valence-corrected chi connectivity index (χ2v) is 5.43. The standard InChI is InChI=1S/C19H19N3O5/c1-3-25-15-6-4-13(5-7-15)18-19(22-27-21-18)20-17(23)12-26-16-10-8-14(24-2)9-11-16/h4-11H,3,12H2,1-2H3,(H,20,22,23). The number of carbonyl (C=O) groups is 1. The average molecular weight is 369 g/mol. The predicted octanol–water partition coefficient (Wildman–Crippen LogP) is 3.16. The first-order valence-corrected chi connectivity index (χ1v) is 8.32. The fraction of sp³-hybridized carbons (Fsp3) is 0.211. The van der Waals surface area contributed by atoms with Crippen molar-refractivity contribution in [3.63, 3.8) is 0 Å². The average Bonchev–Trinajstić information content (AvgIpc) is 3.15. The van der Waals surface area contributed by atoms with Gasteiger partial charge < -0.3 is 19.5 Å². The Morgan fingerprint density at radius 2 is 1.59 bits per heavy atom. The van der Waals surface area contributed by atoms with E-state index in [1.807, 2.05) is 31.2 Å². The van der Waals surface area contributed by atoms with Gasteiger partial charge in [0.2, 0.25) is 5.82 Å². The number of carbonyl (C=O) groups excluding carboxylic acids is 1. The van der Waals surface area contributed by atoms with Crippen LogP contribution in [0.3, 0.4) is 0 Å². The van der Waals surface area contributed by atoms with Gasteiger partial charge in [-0.25, -0.2) is 4.63 Å². The Kier molecular flexibility index (Phi) is 5.88. The van der Waals surface area contributed by atoms with Gasteiger partial charge in [0.05, 0.1) is 13.7 Å². The molecule has 0 atom stereocenters. The summed E-state index contributed by atoms with van der Waals surface area (Å²) in [6, 6.07) is 14.2. The summed E-state index contributed by atoms with van der Waals surface area (Å²) in [5.41, 5.74) is 1.17. The summed E-state index contributed by atoms with van der Waals surface area (Å²) in [5, 5.41) is 10.2. The number of rotatable bonds is 8. The molecular weight excluding hydrogens is 350 g/mol. The minimum Gasteiger partial charge on any atom is -0.497 e. The summed E-state index contributed by atoms with van der Waals surface area (Å²) in [4.78, 5) is 12.1. The maximum Gasteiger partial charge on any atom is 0.263 e. The van der Waals surface area contributed by atoms with Crippen LogP contribution in [0.2, 0.25) is 0 Å². The molecular formula is C19H19N3O5. The van der Waals surface area contributed by atoms with Crippen LogP contribution in [0.25, 0.3) is 11.3 Å². The van der Waals surface area contributed by atoms with Crippen LogP contribution in [-0.2, 0) is 4.79 Å². The highest BCUT2D eigenvalue weighted by Crippen LogP contribution is 2.26. The number of nitrogens with zero attached hydrogens (tertiary/aromatic N) is 2. The van der Waals surface area contributed by atoms with Gasteiger partial charge in [-0.3, -0.25) is 4.79 Å². The number of benzene rings is 2. The van der Waals surface area contributed by atoms with Crippen molar-refractivity contribution < 1.29 is 23.6 Å². The van der Waals surface area contributed by atoms with Gasteiger partial charge in [0.25, 0.3) is 5.91 Å². The third-order valence-electron chi connectivity index (χ3n) is 3.61. The fourth-order valence-electron chi connectivity index (χ4n) is 2.32. The van der Waals surface area contributed by atoms with Crippen LogP contribution in [0, 0.1) is 0 Å². The lowest BCUT2D eigenvalue weighted by atomic mass is 10.1. The number of hydrogen-bond acceptors (Lipinski definition) is 7. The van der Waals surface area contributed by atoms with Gasteiger partial charge in [0, 0.05) is 5.56 Å².